The average molecular weight is 304 g/mol. The highest BCUT2D eigenvalue weighted by Gasteiger charge is 2.36. The van der Waals surface area contributed by atoms with Gasteiger partial charge in [0.2, 0.25) is 11.8 Å². The van der Waals surface area contributed by atoms with Gasteiger partial charge in [-0.3, -0.25) is 9.59 Å². The van der Waals surface area contributed by atoms with Gasteiger partial charge < -0.3 is 15.5 Å². The van der Waals surface area contributed by atoms with E-state index in [4.69, 9.17) is 5.73 Å². The maximum Gasteiger partial charge on any atom is 0.227 e. The molecule has 2 atom stereocenters. The van der Waals surface area contributed by atoms with Crippen LogP contribution in [0.25, 0.3) is 0 Å². The molecule has 2 amide bonds. The average Bonchev–Trinajstić information content (AvgIpc) is 2.79. The lowest BCUT2D eigenvalue weighted by Gasteiger charge is -2.35. The van der Waals surface area contributed by atoms with Crippen LogP contribution in [0.4, 0.5) is 0 Å². The van der Waals surface area contributed by atoms with Crippen molar-refractivity contribution in [3.05, 3.63) is 0 Å². The molecule has 0 bridgehead atoms. The number of nitrogens with two attached hydrogens (primary N) is 1. The molecule has 116 valence electrons. The molecule has 2 N–H and O–H groups in total. The third-order valence-electron chi connectivity index (χ3n) is 4.54. The van der Waals surface area contributed by atoms with Crippen molar-refractivity contribution >= 4 is 24.2 Å². The first-order chi connectivity index (χ1) is 9.02. The molecule has 0 aromatic carbocycles. The highest BCUT2D eigenvalue weighted by atomic mass is 35.5. The number of nitrogens with zero attached hydrogens (tertiary/aromatic N) is 2. The Hall–Kier alpha value is -0.810. The van der Waals surface area contributed by atoms with Crippen LogP contribution in [-0.4, -0.2) is 53.8 Å². The lowest BCUT2D eigenvalue weighted by atomic mass is 9.90. The second-order valence-electron chi connectivity index (χ2n) is 5.86. The number of carbonyl (C=O) groups excluding carboxylic acids is 2. The molecule has 0 spiro atoms. The van der Waals surface area contributed by atoms with Crippen LogP contribution >= 0.6 is 12.4 Å². The van der Waals surface area contributed by atoms with E-state index in [1.807, 2.05) is 18.7 Å². The zero-order valence-corrected chi connectivity index (χ0v) is 13.2. The van der Waals surface area contributed by atoms with Gasteiger partial charge in [0, 0.05) is 38.6 Å². The highest BCUT2D eigenvalue weighted by molar-refractivity contribution is 5.89. The molecule has 0 saturated carbocycles. The standard InChI is InChI=1S/C14H25N3O2.ClH/c1-3-16-9-12(8-13(16)18)14(19)17-6-4-11(5-7-17)10(2)15;/h10-12H,3-9,15H2,1-2H3;1H. The van der Waals surface area contributed by atoms with Crippen LogP contribution in [0, 0.1) is 11.8 Å². The van der Waals surface area contributed by atoms with Gasteiger partial charge in [-0.25, -0.2) is 0 Å². The van der Waals surface area contributed by atoms with Crippen LogP contribution in [0.2, 0.25) is 0 Å². The van der Waals surface area contributed by atoms with Gasteiger partial charge in [0.1, 0.15) is 0 Å². The molecule has 0 aromatic heterocycles. The third-order valence-corrected chi connectivity index (χ3v) is 4.54. The molecule has 6 heteroatoms. The van der Waals surface area contributed by atoms with E-state index in [-0.39, 0.29) is 36.2 Å². The Morgan fingerprint density at radius 3 is 2.45 bits per heavy atom. The topological polar surface area (TPSA) is 66.6 Å². The van der Waals surface area contributed by atoms with Crippen molar-refractivity contribution in [2.45, 2.75) is 39.2 Å². The Morgan fingerprint density at radius 2 is 2.00 bits per heavy atom. The second kappa shape index (κ2) is 7.27. The lowest BCUT2D eigenvalue weighted by Crippen LogP contribution is -2.45. The minimum absolute atomic E-state index is 0. The van der Waals surface area contributed by atoms with E-state index in [0.717, 1.165) is 25.9 Å². The van der Waals surface area contributed by atoms with Crippen molar-refractivity contribution in [1.82, 2.24) is 9.80 Å². The van der Waals surface area contributed by atoms with Crippen LogP contribution < -0.4 is 5.73 Å². The Labute approximate surface area is 127 Å². The second-order valence-corrected chi connectivity index (χ2v) is 5.86. The molecule has 2 aliphatic rings. The van der Waals surface area contributed by atoms with Crippen molar-refractivity contribution in [3.63, 3.8) is 0 Å². The van der Waals surface area contributed by atoms with Crippen LogP contribution in [0.5, 0.6) is 0 Å². The van der Waals surface area contributed by atoms with Crippen LogP contribution in [-0.2, 0) is 9.59 Å². The molecule has 5 nitrogen and oxygen atoms in total. The summed E-state index contributed by atoms with van der Waals surface area (Å²) in [6.07, 6.45) is 2.36. The van der Waals surface area contributed by atoms with Gasteiger partial charge in [0.15, 0.2) is 0 Å². The van der Waals surface area contributed by atoms with E-state index < -0.39 is 0 Å². The van der Waals surface area contributed by atoms with Crippen LogP contribution in [0.1, 0.15) is 33.1 Å². The number of carbonyl (C=O) groups is 2. The predicted octanol–water partition coefficient (Wildman–Crippen LogP) is 0.862. The normalized spacial score (nSPS) is 25.6. The molecule has 2 fully saturated rings. The summed E-state index contributed by atoms with van der Waals surface area (Å²) in [6, 6.07) is 0.209. The van der Waals surface area contributed by atoms with Gasteiger partial charge in [-0.2, -0.15) is 0 Å². The molecule has 2 heterocycles. The molecule has 0 radical (unpaired) electrons. The fourth-order valence-corrected chi connectivity index (χ4v) is 3.15. The van der Waals surface area contributed by atoms with Gasteiger partial charge in [-0.05, 0) is 32.6 Å². The van der Waals surface area contributed by atoms with Crippen molar-refractivity contribution < 1.29 is 9.59 Å². The number of amides is 2. The zero-order valence-electron chi connectivity index (χ0n) is 12.4. The minimum Gasteiger partial charge on any atom is -0.342 e. The Bertz CT molecular complexity index is 354. The van der Waals surface area contributed by atoms with Gasteiger partial charge in [0.05, 0.1) is 5.92 Å². The molecule has 2 aliphatic heterocycles. The smallest absolute Gasteiger partial charge is 0.227 e. The molecular formula is C14H26ClN3O2. The molecular weight excluding hydrogens is 278 g/mol. The Balaban J connectivity index is 0.00000200. The van der Waals surface area contributed by atoms with Gasteiger partial charge >= 0.3 is 0 Å². The number of piperidine rings is 1. The first-order valence-corrected chi connectivity index (χ1v) is 7.35. The summed E-state index contributed by atoms with van der Waals surface area (Å²) in [7, 11) is 0. The quantitative estimate of drug-likeness (QED) is 0.841. The highest BCUT2D eigenvalue weighted by Crippen LogP contribution is 2.24. The zero-order chi connectivity index (χ0) is 14.0. The fourth-order valence-electron chi connectivity index (χ4n) is 3.15. The summed E-state index contributed by atoms with van der Waals surface area (Å²) in [5, 5.41) is 0. The Morgan fingerprint density at radius 1 is 1.40 bits per heavy atom. The summed E-state index contributed by atoms with van der Waals surface area (Å²) in [6.45, 7) is 6.89. The summed E-state index contributed by atoms with van der Waals surface area (Å²) >= 11 is 0. The van der Waals surface area contributed by atoms with Crippen molar-refractivity contribution in [2.75, 3.05) is 26.2 Å². The molecule has 20 heavy (non-hydrogen) atoms. The summed E-state index contributed by atoms with van der Waals surface area (Å²) in [4.78, 5) is 27.8. The number of halogens is 1. The SMILES string of the molecule is CCN1CC(C(=O)N2CCC(C(C)N)CC2)CC1=O.Cl. The molecule has 0 aromatic rings. The van der Waals surface area contributed by atoms with E-state index >= 15 is 0 Å². The molecule has 2 rings (SSSR count). The first-order valence-electron chi connectivity index (χ1n) is 7.35. The Kier molecular flexibility index (Phi) is 6.27. The summed E-state index contributed by atoms with van der Waals surface area (Å²) in [5.41, 5.74) is 5.91. The predicted molar refractivity (Wildman–Crippen MR) is 80.6 cm³/mol. The fraction of sp³-hybridized carbons (Fsp3) is 0.857. The molecule has 2 unspecified atom stereocenters. The van der Waals surface area contributed by atoms with E-state index in [1.54, 1.807) is 4.90 Å². The van der Waals surface area contributed by atoms with Crippen LogP contribution in [0.3, 0.4) is 0 Å². The number of hydrogen-bond acceptors (Lipinski definition) is 3. The van der Waals surface area contributed by atoms with Crippen molar-refractivity contribution in [2.24, 2.45) is 17.6 Å². The van der Waals surface area contributed by atoms with Crippen molar-refractivity contribution in [1.29, 1.82) is 0 Å². The number of rotatable bonds is 3. The third kappa shape index (κ3) is 3.64. The summed E-state index contributed by atoms with van der Waals surface area (Å²) < 4.78 is 0. The minimum atomic E-state index is -0.126. The van der Waals surface area contributed by atoms with E-state index in [1.165, 1.54) is 0 Å². The van der Waals surface area contributed by atoms with Crippen LogP contribution in [0.15, 0.2) is 0 Å². The molecule has 0 aliphatic carbocycles. The van der Waals surface area contributed by atoms with Gasteiger partial charge in [-0.1, -0.05) is 0 Å². The largest absolute Gasteiger partial charge is 0.342 e. The van der Waals surface area contributed by atoms with Crippen molar-refractivity contribution in [3.8, 4) is 0 Å². The summed E-state index contributed by atoms with van der Waals surface area (Å²) in [5.74, 6) is 0.680. The molecule has 2 saturated heterocycles. The van der Waals surface area contributed by atoms with Gasteiger partial charge in [0.25, 0.3) is 0 Å². The number of likely N-dealkylation sites (tertiary alicyclic amines) is 2. The lowest BCUT2D eigenvalue weighted by molar-refractivity contribution is -0.137. The maximum absolute atomic E-state index is 12.4. The first kappa shape index (κ1) is 17.2. The maximum atomic E-state index is 12.4. The van der Waals surface area contributed by atoms with E-state index in [0.29, 0.717) is 25.4 Å². The van der Waals surface area contributed by atoms with E-state index in [2.05, 4.69) is 0 Å². The number of hydrogen-bond donors (Lipinski definition) is 1. The monoisotopic (exact) mass is 303 g/mol. The van der Waals surface area contributed by atoms with E-state index in [9.17, 15) is 9.59 Å². The van der Waals surface area contributed by atoms with Gasteiger partial charge in [-0.15, -0.1) is 12.4 Å².